The predicted octanol–water partition coefficient (Wildman–Crippen LogP) is 5.63. The molecule has 5 heteroatoms. The summed E-state index contributed by atoms with van der Waals surface area (Å²) in [4.78, 5) is 15.3. The minimum Gasteiger partial charge on any atom is -0.493 e. The van der Waals surface area contributed by atoms with Crippen LogP contribution in [0.5, 0.6) is 5.75 Å². The van der Waals surface area contributed by atoms with Crippen LogP contribution in [0.1, 0.15) is 49.1 Å². The zero-order chi connectivity index (χ0) is 23.4. The van der Waals surface area contributed by atoms with Gasteiger partial charge in [0.05, 0.1) is 6.61 Å². The van der Waals surface area contributed by atoms with Crippen LogP contribution in [0, 0.1) is 13.8 Å². The van der Waals surface area contributed by atoms with Crippen molar-refractivity contribution in [2.75, 3.05) is 19.7 Å². The molecule has 0 spiro atoms. The van der Waals surface area contributed by atoms with Crippen molar-refractivity contribution in [3.8, 4) is 5.75 Å². The number of rotatable bonds is 7. The Hall–Kier alpha value is -3.05. The summed E-state index contributed by atoms with van der Waals surface area (Å²) >= 11 is 0. The maximum atomic E-state index is 12.8. The molecule has 0 aliphatic carbocycles. The van der Waals surface area contributed by atoms with Crippen LogP contribution in [0.2, 0.25) is 0 Å². The molecular formula is C28H34N2O3. The average molecular weight is 447 g/mol. The lowest BCUT2D eigenvalue weighted by molar-refractivity contribution is -0.117. The summed E-state index contributed by atoms with van der Waals surface area (Å²) < 4.78 is 11.7. The predicted molar refractivity (Wildman–Crippen MR) is 133 cm³/mol. The van der Waals surface area contributed by atoms with E-state index in [4.69, 9.17) is 9.15 Å². The molecule has 2 heterocycles. The molecule has 0 atom stereocenters. The molecule has 174 valence electrons. The van der Waals surface area contributed by atoms with E-state index in [0.29, 0.717) is 6.61 Å². The van der Waals surface area contributed by atoms with Gasteiger partial charge in [-0.15, -0.1) is 0 Å². The summed E-state index contributed by atoms with van der Waals surface area (Å²) in [6.07, 6.45) is 3.63. The SMILES string of the molecule is CCOc1cc2oc(C)c(C)c2cc1/C(C)=C/C(=O)NC1CCN(Cc2ccccc2)CC1. The van der Waals surface area contributed by atoms with Gasteiger partial charge in [-0.05, 0) is 63.3 Å². The summed E-state index contributed by atoms with van der Waals surface area (Å²) in [5.41, 5.74) is 5.09. The van der Waals surface area contributed by atoms with Gasteiger partial charge >= 0.3 is 0 Å². The molecule has 3 aromatic rings. The van der Waals surface area contributed by atoms with Gasteiger partial charge in [0, 0.05) is 48.8 Å². The third kappa shape index (κ3) is 5.48. The van der Waals surface area contributed by atoms with Crippen LogP contribution in [0.15, 0.2) is 53.0 Å². The van der Waals surface area contributed by atoms with Crippen molar-refractivity contribution < 1.29 is 13.9 Å². The Morgan fingerprint density at radius 3 is 2.61 bits per heavy atom. The molecule has 1 aliphatic heterocycles. The Morgan fingerprint density at radius 1 is 1.18 bits per heavy atom. The molecule has 0 saturated carbocycles. The molecule has 0 bridgehead atoms. The second-order valence-corrected chi connectivity index (χ2v) is 8.93. The molecule has 33 heavy (non-hydrogen) atoms. The number of benzene rings is 2. The number of amides is 1. The van der Waals surface area contributed by atoms with E-state index in [1.807, 2.05) is 32.9 Å². The average Bonchev–Trinajstić information content (AvgIpc) is 3.08. The van der Waals surface area contributed by atoms with Crippen LogP contribution >= 0.6 is 0 Å². The Kier molecular flexibility index (Phi) is 7.19. The molecule has 1 aromatic heterocycles. The zero-order valence-corrected chi connectivity index (χ0v) is 20.1. The number of allylic oxidation sites excluding steroid dienone is 1. The molecule has 5 nitrogen and oxygen atoms in total. The van der Waals surface area contributed by atoms with E-state index in [2.05, 4.69) is 47.5 Å². The molecule has 1 saturated heterocycles. The number of ether oxygens (including phenoxy) is 1. The summed E-state index contributed by atoms with van der Waals surface area (Å²) in [6.45, 7) is 11.5. The molecule has 1 fully saturated rings. The van der Waals surface area contributed by atoms with E-state index in [1.165, 1.54) is 5.56 Å². The van der Waals surface area contributed by atoms with E-state index in [9.17, 15) is 4.79 Å². The zero-order valence-electron chi connectivity index (χ0n) is 20.1. The van der Waals surface area contributed by atoms with Crippen molar-refractivity contribution in [1.29, 1.82) is 0 Å². The first-order valence-corrected chi connectivity index (χ1v) is 11.9. The van der Waals surface area contributed by atoms with Crippen LogP contribution in [-0.4, -0.2) is 36.5 Å². The highest BCUT2D eigenvalue weighted by Crippen LogP contribution is 2.35. The lowest BCUT2D eigenvalue weighted by atomic mass is 10.0. The maximum Gasteiger partial charge on any atom is 0.244 e. The van der Waals surface area contributed by atoms with Gasteiger partial charge in [-0.3, -0.25) is 9.69 Å². The second kappa shape index (κ2) is 10.3. The normalized spacial score (nSPS) is 15.7. The van der Waals surface area contributed by atoms with Crippen LogP contribution in [-0.2, 0) is 11.3 Å². The number of fused-ring (bicyclic) bond motifs is 1. The molecule has 0 unspecified atom stereocenters. The van der Waals surface area contributed by atoms with Crippen LogP contribution in [0.3, 0.4) is 0 Å². The number of piperidine rings is 1. The Bertz CT molecular complexity index is 1140. The fourth-order valence-corrected chi connectivity index (χ4v) is 4.55. The highest BCUT2D eigenvalue weighted by molar-refractivity contribution is 5.97. The van der Waals surface area contributed by atoms with E-state index in [0.717, 1.165) is 71.7 Å². The molecule has 0 radical (unpaired) electrons. The van der Waals surface area contributed by atoms with Crippen LogP contribution in [0.4, 0.5) is 0 Å². The van der Waals surface area contributed by atoms with Gasteiger partial charge in [-0.25, -0.2) is 0 Å². The highest BCUT2D eigenvalue weighted by Gasteiger charge is 2.21. The smallest absolute Gasteiger partial charge is 0.244 e. The first-order chi connectivity index (χ1) is 15.9. The fourth-order valence-electron chi connectivity index (χ4n) is 4.55. The van der Waals surface area contributed by atoms with Gasteiger partial charge in [0.2, 0.25) is 5.91 Å². The van der Waals surface area contributed by atoms with Gasteiger partial charge in [0.1, 0.15) is 17.1 Å². The number of hydrogen-bond acceptors (Lipinski definition) is 4. The fraction of sp³-hybridized carbons (Fsp3) is 0.393. The van der Waals surface area contributed by atoms with Crippen molar-refractivity contribution in [2.24, 2.45) is 0 Å². The minimum atomic E-state index is -0.0448. The van der Waals surface area contributed by atoms with Gasteiger partial charge in [0.25, 0.3) is 0 Å². The largest absolute Gasteiger partial charge is 0.493 e. The number of nitrogens with one attached hydrogen (secondary N) is 1. The topological polar surface area (TPSA) is 54.7 Å². The van der Waals surface area contributed by atoms with Crippen molar-refractivity contribution in [2.45, 2.75) is 53.1 Å². The number of hydrogen-bond donors (Lipinski definition) is 1. The van der Waals surface area contributed by atoms with Crippen LogP contribution in [0.25, 0.3) is 16.5 Å². The number of aryl methyl sites for hydroxylation is 2. The van der Waals surface area contributed by atoms with Crippen molar-refractivity contribution in [1.82, 2.24) is 10.2 Å². The molecule has 4 rings (SSSR count). The Labute approximate surface area is 196 Å². The summed E-state index contributed by atoms with van der Waals surface area (Å²) in [7, 11) is 0. The maximum absolute atomic E-state index is 12.8. The number of carbonyl (C=O) groups excluding carboxylic acids is 1. The highest BCUT2D eigenvalue weighted by atomic mass is 16.5. The first kappa shape index (κ1) is 23.1. The summed E-state index contributed by atoms with van der Waals surface area (Å²) in [6, 6.07) is 14.8. The molecule has 1 aliphatic rings. The number of likely N-dealkylation sites (tertiary alicyclic amines) is 1. The summed E-state index contributed by atoms with van der Waals surface area (Å²) in [5.74, 6) is 1.61. The van der Waals surface area contributed by atoms with Gasteiger partial charge < -0.3 is 14.5 Å². The minimum absolute atomic E-state index is 0.0448. The molecule has 1 amide bonds. The third-order valence-corrected chi connectivity index (χ3v) is 6.53. The van der Waals surface area contributed by atoms with E-state index in [1.54, 1.807) is 6.08 Å². The molecular weight excluding hydrogens is 412 g/mol. The number of furan rings is 1. The molecule has 1 N–H and O–H groups in total. The van der Waals surface area contributed by atoms with Gasteiger partial charge in [-0.1, -0.05) is 30.3 Å². The van der Waals surface area contributed by atoms with Crippen molar-refractivity contribution >= 4 is 22.4 Å². The second-order valence-electron chi connectivity index (χ2n) is 8.93. The first-order valence-electron chi connectivity index (χ1n) is 11.9. The Morgan fingerprint density at radius 2 is 1.91 bits per heavy atom. The monoisotopic (exact) mass is 446 g/mol. The van der Waals surface area contributed by atoms with E-state index >= 15 is 0 Å². The Balaban J connectivity index is 1.41. The standard InChI is InChI=1S/C28H34N2O3/c1-5-32-26-17-27-25(20(3)21(4)33-27)16-24(26)19(2)15-28(31)29-23-11-13-30(14-12-23)18-22-9-7-6-8-10-22/h6-10,15-17,23H,5,11-14,18H2,1-4H3,(H,29,31)/b19-15+. The lowest BCUT2D eigenvalue weighted by Crippen LogP contribution is -2.43. The number of carbonyl (C=O) groups is 1. The summed E-state index contributed by atoms with van der Waals surface area (Å²) in [5, 5.41) is 4.27. The van der Waals surface area contributed by atoms with Crippen molar-refractivity contribution in [3.63, 3.8) is 0 Å². The van der Waals surface area contributed by atoms with Crippen molar-refractivity contribution in [3.05, 3.63) is 71.0 Å². The van der Waals surface area contributed by atoms with Crippen LogP contribution < -0.4 is 10.1 Å². The third-order valence-electron chi connectivity index (χ3n) is 6.53. The quantitative estimate of drug-likeness (QED) is 0.478. The van der Waals surface area contributed by atoms with E-state index < -0.39 is 0 Å². The van der Waals surface area contributed by atoms with Gasteiger partial charge in [-0.2, -0.15) is 0 Å². The van der Waals surface area contributed by atoms with E-state index in [-0.39, 0.29) is 11.9 Å². The molecule has 2 aromatic carbocycles. The number of nitrogens with zero attached hydrogens (tertiary/aromatic N) is 1. The van der Waals surface area contributed by atoms with Gasteiger partial charge in [0.15, 0.2) is 0 Å². The lowest BCUT2D eigenvalue weighted by Gasteiger charge is -2.32.